The van der Waals surface area contributed by atoms with E-state index in [1.165, 1.54) is 0 Å². The van der Waals surface area contributed by atoms with Crippen molar-refractivity contribution < 1.29 is 19.1 Å². The first-order valence-corrected chi connectivity index (χ1v) is 10.1. The van der Waals surface area contributed by atoms with E-state index in [-0.39, 0.29) is 25.1 Å². The van der Waals surface area contributed by atoms with Gasteiger partial charge in [0.2, 0.25) is 5.91 Å². The standard InChI is InChI=1S/C22H33N3O4/c1-15-11-12-25(16(15)2)20(27)19(22(3,4)5)24-21(28)23-13-18(26)29-14-17-9-7-6-8-10-17/h6-10,15-16,19H,11-14H2,1-5H3,(H2,23,24,28)/t15?,16-,19?/m1/s1. The lowest BCUT2D eigenvalue weighted by molar-refractivity contribution is -0.143. The van der Waals surface area contributed by atoms with Crippen LogP contribution in [0.25, 0.3) is 0 Å². The predicted molar refractivity (Wildman–Crippen MR) is 111 cm³/mol. The summed E-state index contributed by atoms with van der Waals surface area (Å²) in [5, 5.41) is 5.24. The SMILES string of the molecule is CC1CCN(C(=O)C(NC(=O)NCC(=O)OCc2ccccc2)C(C)(C)C)[C@@H]1C. The number of hydrogen-bond donors (Lipinski definition) is 2. The van der Waals surface area contributed by atoms with Crippen molar-refractivity contribution in [1.29, 1.82) is 0 Å². The first kappa shape index (κ1) is 22.7. The van der Waals surface area contributed by atoms with Crippen molar-refractivity contribution in [3.8, 4) is 0 Å². The van der Waals surface area contributed by atoms with Crippen LogP contribution < -0.4 is 10.6 Å². The molecular weight excluding hydrogens is 370 g/mol. The Hall–Kier alpha value is -2.57. The lowest BCUT2D eigenvalue weighted by atomic mass is 9.85. The molecule has 7 heteroatoms. The van der Waals surface area contributed by atoms with Gasteiger partial charge in [-0.25, -0.2) is 4.79 Å². The molecule has 1 aromatic rings. The van der Waals surface area contributed by atoms with Gasteiger partial charge in [-0.05, 0) is 30.2 Å². The number of carbonyl (C=O) groups excluding carboxylic acids is 3. The lowest BCUT2D eigenvalue weighted by Crippen LogP contribution is -2.57. The largest absolute Gasteiger partial charge is 0.460 e. The number of ether oxygens (including phenoxy) is 1. The first-order valence-electron chi connectivity index (χ1n) is 10.1. The number of nitrogens with zero attached hydrogens (tertiary/aromatic N) is 1. The summed E-state index contributed by atoms with van der Waals surface area (Å²) in [6.07, 6.45) is 0.962. The second-order valence-corrected chi connectivity index (χ2v) is 8.81. The minimum Gasteiger partial charge on any atom is -0.460 e. The maximum Gasteiger partial charge on any atom is 0.325 e. The third kappa shape index (κ3) is 6.48. The van der Waals surface area contributed by atoms with Crippen molar-refractivity contribution in [3.05, 3.63) is 35.9 Å². The summed E-state index contributed by atoms with van der Waals surface area (Å²) in [6.45, 7) is 10.5. The number of benzene rings is 1. The van der Waals surface area contributed by atoms with Gasteiger partial charge in [-0.2, -0.15) is 0 Å². The Labute approximate surface area is 173 Å². The molecule has 0 spiro atoms. The summed E-state index contributed by atoms with van der Waals surface area (Å²) in [5.74, 6) is -0.187. The van der Waals surface area contributed by atoms with E-state index in [2.05, 4.69) is 17.6 Å². The predicted octanol–water partition coefficient (Wildman–Crippen LogP) is 2.70. The van der Waals surface area contributed by atoms with Gasteiger partial charge in [0.15, 0.2) is 0 Å². The molecule has 1 aliphatic heterocycles. The maximum atomic E-state index is 13.1. The molecule has 0 aliphatic carbocycles. The van der Waals surface area contributed by atoms with Gasteiger partial charge in [0, 0.05) is 12.6 Å². The lowest BCUT2D eigenvalue weighted by Gasteiger charge is -2.35. The highest BCUT2D eigenvalue weighted by atomic mass is 16.5. The van der Waals surface area contributed by atoms with Gasteiger partial charge < -0.3 is 20.3 Å². The number of nitrogens with one attached hydrogen (secondary N) is 2. The number of likely N-dealkylation sites (tertiary alicyclic amines) is 1. The van der Waals surface area contributed by atoms with Gasteiger partial charge in [-0.3, -0.25) is 9.59 Å². The minimum atomic E-state index is -0.685. The van der Waals surface area contributed by atoms with Crippen molar-refractivity contribution in [2.75, 3.05) is 13.1 Å². The second kappa shape index (κ2) is 9.76. The maximum absolute atomic E-state index is 13.1. The molecule has 1 saturated heterocycles. The fourth-order valence-corrected chi connectivity index (χ4v) is 3.34. The summed E-state index contributed by atoms with van der Waals surface area (Å²) in [7, 11) is 0. The molecule has 0 saturated carbocycles. The Bertz CT molecular complexity index is 715. The normalized spacial score (nSPS) is 20.1. The first-order chi connectivity index (χ1) is 13.6. The van der Waals surface area contributed by atoms with Crippen LogP contribution in [-0.2, 0) is 20.9 Å². The molecule has 160 valence electrons. The van der Waals surface area contributed by atoms with Crippen LogP contribution in [0.1, 0.15) is 46.6 Å². The Kier molecular flexibility index (Phi) is 7.65. The zero-order chi connectivity index (χ0) is 21.6. The van der Waals surface area contributed by atoms with Crippen LogP contribution in [0.3, 0.4) is 0 Å². The van der Waals surface area contributed by atoms with Crippen LogP contribution in [0.2, 0.25) is 0 Å². The highest BCUT2D eigenvalue weighted by Gasteiger charge is 2.40. The quantitative estimate of drug-likeness (QED) is 0.715. The Morgan fingerprint density at radius 1 is 1.17 bits per heavy atom. The zero-order valence-electron chi connectivity index (χ0n) is 18.0. The number of hydrogen-bond acceptors (Lipinski definition) is 4. The molecule has 0 aromatic heterocycles. The van der Waals surface area contributed by atoms with E-state index in [1.807, 2.05) is 62.9 Å². The van der Waals surface area contributed by atoms with Crippen molar-refractivity contribution in [1.82, 2.24) is 15.5 Å². The van der Waals surface area contributed by atoms with E-state index >= 15 is 0 Å². The molecule has 1 aromatic carbocycles. The Morgan fingerprint density at radius 2 is 1.83 bits per heavy atom. The van der Waals surface area contributed by atoms with Gasteiger partial charge in [0.05, 0.1) is 0 Å². The summed E-state index contributed by atoms with van der Waals surface area (Å²) >= 11 is 0. The Balaban J connectivity index is 1.86. The van der Waals surface area contributed by atoms with Crippen LogP contribution >= 0.6 is 0 Å². The summed E-state index contributed by atoms with van der Waals surface area (Å²) in [4.78, 5) is 39.1. The van der Waals surface area contributed by atoms with Crippen molar-refractivity contribution in [3.63, 3.8) is 0 Å². The molecule has 1 heterocycles. The number of carbonyl (C=O) groups is 3. The molecular formula is C22H33N3O4. The van der Waals surface area contributed by atoms with E-state index in [0.29, 0.717) is 12.5 Å². The molecule has 2 rings (SSSR count). The van der Waals surface area contributed by atoms with Crippen LogP contribution in [0.4, 0.5) is 4.79 Å². The molecule has 1 aliphatic rings. The smallest absolute Gasteiger partial charge is 0.325 e. The minimum absolute atomic E-state index is 0.0869. The van der Waals surface area contributed by atoms with Crippen molar-refractivity contribution in [2.45, 2.75) is 59.7 Å². The number of amides is 3. The van der Waals surface area contributed by atoms with Crippen LogP contribution in [0, 0.1) is 11.3 Å². The van der Waals surface area contributed by atoms with E-state index in [1.54, 1.807) is 0 Å². The molecule has 2 N–H and O–H groups in total. The average molecular weight is 404 g/mol. The molecule has 0 radical (unpaired) electrons. The topological polar surface area (TPSA) is 87.7 Å². The monoisotopic (exact) mass is 403 g/mol. The molecule has 0 bridgehead atoms. The van der Waals surface area contributed by atoms with Crippen LogP contribution in [0.15, 0.2) is 30.3 Å². The van der Waals surface area contributed by atoms with E-state index in [0.717, 1.165) is 12.0 Å². The highest BCUT2D eigenvalue weighted by Crippen LogP contribution is 2.28. The molecule has 2 unspecified atom stereocenters. The van der Waals surface area contributed by atoms with Gasteiger partial charge in [0.1, 0.15) is 19.2 Å². The average Bonchev–Trinajstić information content (AvgIpc) is 3.01. The van der Waals surface area contributed by atoms with Gasteiger partial charge >= 0.3 is 12.0 Å². The van der Waals surface area contributed by atoms with Crippen LogP contribution in [0.5, 0.6) is 0 Å². The fourth-order valence-electron chi connectivity index (χ4n) is 3.34. The third-order valence-corrected chi connectivity index (χ3v) is 5.45. The number of esters is 1. The number of rotatable bonds is 6. The van der Waals surface area contributed by atoms with E-state index < -0.39 is 23.5 Å². The molecule has 7 nitrogen and oxygen atoms in total. The van der Waals surface area contributed by atoms with Crippen molar-refractivity contribution in [2.24, 2.45) is 11.3 Å². The third-order valence-electron chi connectivity index (χ3n) is 5.45. The molecule has 1 fully saturated rings. The number of urea groups is 1. The molecule has 3 atom stereocenters. The summed E-state index contributed by atoms with van der Waals surface area (Å²) in [5.41, 5.74) is 0.408. The fraction of sp³-hybridized carbons (Fsp3) is 0.591. The molecule has 29 heavy (non-hydrogen) atoms. The summed E-state index contributed by atoms with van der Waals surface area (Å²) in [6, 6.07) is 8.21. The zero-order valence-corrected chi connectivity index (χ0v) is 18.0. The van der Waals surface area contributed by atoms with Gasteiger partial charge in [0.25, 0.3) is 0 Å². The molecule has 3 amide bonds. The van der Waals surface area contributed by atoms with E-state index in [9.17, 15) is 14.4 Å². The highest BCUT2D eigenvalue weighted by molar-refractivity contribution is 5.89. The van der Waals surface area contributed by atoms with Crippen LogP contribution in [-0.4, -0.2) is 48.0 Å². The Morgan fingerprint density at radius 3 is 2.38 bits per heavy atom. The van der Waals surface area contributed by atoms with Gasteiger partial charge in [-0.1, -0.05) is 58.0 Å². The van der Waals surface area contributed by atoms with E-state index in [4.69, 9.17) is 4.74 Å². The second-order valence-electron chi connectivity index (χ2n) is 8.81. The van der Waals surface area contributed by atoms with Crippen molar-refractivity contribution >= 4 is 17.9 Å². The summed E-state index contributed by atoms with van der Waals surface area (Å²) < 4.78 is 5.15. The van der Waals surface area contributed by atoms with Gasteiger partial charge in [-0.15, -0.1) is 0 Å².